The zero-order chi connectivity index (χ0) is 19.8. The lowest BCUT2D eigenvalue weighted by Crippen LogP contribution is -2.25. The van der Waals surface area contributed by atoms with Crippen molar-refractivity contribution in [1.82, 2.24) is 4.98 Å². The van der Waals surface area contributed by atoms with Gasteiger partial charge in [-0.15, -0.1) is 0 Å². The van der Waals surface area contributed by atoms with E-state index in [1.807, 2.05) is 64.1 Å². The van der Waals surface area contributed by atoms with Crippen LogP contribution in [0.5, 0.6) is 0 Å². The molecule has 1 heterocycles. The molecule has 2 aromatic carbocycles. The van der Waals surface area contributed by atoms with Gasteiger partial charge in [-0.2, -0.15) is 0 Å². The van der Waals surface area contributed by atoms with Crippen molar-refractivity contribution < 1.29 is 9.84 Å². The van der Waals surface area contributed by atoms with E-state index < -0.39 is 11.7 Å². The van der Waals surface area contributed by atoms with Crippen molar-refractivity contribution in [3.8, 4) is 11.1 Å². The van der Waals surface area contributed by atoms with Crippen LogP contribution in [0.2, 0.25) is 5.02 Å². The molecular weight excluding hydrogens is 362 g/mol. The maximum absolute atomic E-state index is 11.8. The largest absolute Gasteiger partial charge is 0.393 e. The van der Waals surface area contributed by atoms with Gasteiger partial charge in [0.2, 0.25) is 5.56 Å². The molecule has 1 unspecified atom stereocenters. The Bertz CT molecular complexity index is 1020. The first-order valence-electron chi connectivity index (χ1n) is 8.91. The van der Waals surface area contributed by atoms with E-state index in [0.717, 1.165) is 33.2 Å². The SMILES string of the molecule is Cc1cc2[nH]c(=O)ccc2c(-c2ccc(Cl)cc2)c1C(CO)OC(C)(C)C. The lowest BCUT2D eigenvalue weighted by Gasteiger charge is -2.30. The molecule has 0 aliphatic heterocycles. The predicted octanol–water partition coefficient (Wildman–Crippen LogP) is 5.01. The van der Waals surface area contributed by atoms with E-state index in [0.29, 0.717) is 5.02 Å². The second-order valence-corrected chi connectivity index (χ2v) is 8.11. The minimum atomic E-state index is -0.494. The molecule has 0 radical (unpaired) electrons. The summed E-state index contributed by atoms with van der Waals surface area (Å²) < 4.78 is 6.16. The Morgan fingerprint density at radius 3 is 2.41 bits per heavy atom. The van der Waals surface area contributed by atoms with Crippen molar-refractivity contribution in [2.24, 2.45) is 0 Å². The zero-order valence-electron chi connectivity index (χ0n) is 16.0. The van der Waals surface area contributed by atoms with E-state index in [9.17, 15) is 9.90 Å². The van der Waals surface area contributed by atoms with Crippen LogP contribution in [0.15, 0.2) is 47.3 Å². The average molecular weight is 386 g/mol. The Kier molecular flexibility index (Phi) is 5.43. The van der Waals surface area contributed by atoms with E-state index in [1.54, 1.807) is 0 Å². The van der Waals surface area contributed by atoms with Crippen molar-refractivity contribution in [2.75, 3.05) is 6.61 Å². The minimum Gasteiger partial charge on any atom is -0.393 e. The number of hydrogen-bond donors (Lipinski definition) is 2. The third-order valence-corrected chi connectivity index (χ3v) is 4.64. The summed E-state index contributed by atoms with van der Waals surface area (Å²) in [5, 5.41) is 11.6. The number of rotatable bonds is 4. The van der Waals surface area contributed by atoms with Crippen LogP contribution in [0.3, 0.4) is 0 Å². The van der Waals surface area contributed by atoms with Gasteiger partial charge in [0.25, 0.3) is 0 Å². The Balaban J connectivity index is 2.36. The van der Waals surface area contributed by atoms with Crippen LogP contribution in [-0.2, 0) is 4.74 Å². The smallest absolute Gasteiger partial charge is 0.248 e. The van der Waals surface area contributed by atoms with Gasteiger partial charge in [0.1, 0.15) is 6.10 Å². The summed E-state index contributed by atoms with van der Waals surface area (Å²) in [4.78, 5) is 14.7. The summed E-state index contributed by atoms with van der Waals surface area (Å²) in [5.74, 6) is 0. The standard InChI is InChI=1S/C22H24ClNO3/c1-13-11-17-16(9-10-19(26)24-17)21(14-5-7-15(23)8-6-14)20(13)18(12-25)27-22(2,3)4/h5-11,18,25H,12H2,1-4H3,(H,24,26). The second-order valence-electron chi connectivity index (χ2n) is 7.67. The fourth-order valence-corrected chi connectivity index (χ4v) is 3.54. The van der Waals surface area contributed by atoms with Crippen LogP contribution in [-0.4, -0.2) is 22.3 Å². The average Bonchev–Trinajstić information content (AvgIpc) is 2.58. The summed E-state index contributed by atoms with van der Waals surface area (Å²) in [6.45, 7) is 7.71. The molecule has 1 aromatic heterocycles. The topological polar surface area (TPSA) is 62.3 Å². The molecule has 27 heavy (non-hydrogen) atoms. The van der Waals surface area contributed by atoms with Crippen LogP contribution in [0.1, 0.15) is 38.0 Å². The highest BCUT2D eigenvalue weighted by Gasteiger charge is 2.26. The maximum atomic E-state index is 11.8. The number of aliphatic hydroxyl groups excluding tert-OH is 1. The van der Waals surface area contributed by atoms with E-state index >= 15 is 0 Å². The highest BCUT2D eigenvalue weighted by atomic mass is 35.5. The fourth-order valence-electron chi connectivity index (χ4n) is 3.42. The Hall–Kier alpha value is -2.14. The lowest BCUT2D eigenvalue weighted by molar-refractivity contribution is -0.0821. The Morgan fingerprint density at radius 2 is 1.81 bits per heavy atom. The first-order valence-corrected chi connectivity index (χ1v) is 9.28. The molecule has 0 aliphatic carbocycles. The van der Waals surface area contributed by atoms with Crippen LogP contribution in [0, 0.1) is 6.92 Å². The summed E-state index contributed by atoms with van der Waals surface area (Å²) in [7, 11) is 0. The summed E-state index contributed by atoms with van der Waals surface area (Å²) in [5.41, 5.74) is 3.92. The molecule has 0 saturated heterocycles. The monoisotopic (exact) mass is 385 g/mol. The molecule has 0 bridgehead atoms. The highest BCUT2D eigenvalue weighted by molar-refractivity contribution is 6.30. The molecule has 0 amide bonds. The summed E-state index contributed by atoms with van der Waals surface area (Å²) >= 11 is 6.07. The van der Waals surface area contributed by atoms with Gasteiger partial charge >= 0.3 is 0 Å². The molecular formula is C22H24ClNO3. The molecule has 1 atom stereocenters. The van der Waals surface area contributed by atoms with Gasteiger partial charge in [-0.05, 0) is 74.2 Å². The van der Waals surface area contributed by atoms with E-state index in [-0.39, 0.29) is 12.2 Å². The number of aliphatic hydroxyl groups is 1. The van der Waals surface area contributed by atoms with Gasteiger partial charge in [0.05, 0.1) is 12.2 Å². The van der Waals surface area contributed by atoms with Crippen molar-refractivity contribution in [3.63, 3.8) is 0 Å². The summed E-state index contributed by atoms with van der Waals surface area (Å²) in [6, 6.07) is 12.8. The van der Waals surface area contributed by atoms with Gasteiger partial charge in [0.15, 0.2) is 0 Å². The van der Waals surface area contributed by atoms with Gasteiger partial charge in [-0.3, -0.25) is 4.79 Å². The van der Waals surface area contributed by atoms with E-state index in [1.165, 1.54) is 6.07 Å². The van der Waals surface area contributed by atoms with Gasteiger partial charge in [-0.25, -0.2) is 0 Å². The minimum absolute atomic E-state index is 0.145. The third-order valence-electron chi connectivity index (χ3n) is 4.39. The number of pyridine rings is 1. The molecule has 3 rings (SSSR count). The van der Waals surface area contributed by atoms with Crippen LogP contribution < -0.4 is 5.56 Å². The number of aromatic amines is 1. The predicted molar refractivity (Wildman–Crippen MR) is 110 cm³/mol. The van der Waals surface area contributed by atoms with Crippen LogP contribution in [0.25, 0.3) is 22.0 Å². The first kappa shape index (κ1) is 19.6. The number of fused-ring (bicyclic) bond motifs is 1. The highest BCUT2D eigenvalue weighted by Crippen LogP contribution is 2.39. The zero-order valence-corrected chi connectivity index (χ0v) is 16.7. The molecule has 0 fully saturated rings. The van der Waals surface area contributed by atoms with Crippen molar-refractivity contribution in [1.29, 1.82) is 0 Å². The molecule has 3 aromatic rings. The second kappa shape index (κ2) is 7.47. The fraction of sp³-hybridized carbons (Fsp3) is 0.318. The van der Waals surface area contributed by atoms with Gasteiger partial charge < -0.3 is 14.8 Å². The number of halogens is 1. The van der Waals surface area contributed by atoms with Crippen molar-refractivity contribution in [3.05, 3.63) is 69.0 Å². The van der Waals surface area contributed by atoms with Crippen LogP contribution in [0.4, 0.5) is 0 Å². The number of nitrogens with one attached hydrogen (secondary N) is 1. The molecule has 2 N–H and O–H groups in total. The molecule has 0 spiro atoms. The van der Waals surface area contributed by atoms with Gasteiger partial charge in [-0.1, -0.05) is 23.7 Å². The van der Waals surface area contributed by atoms with E-state index in [2.05, 4.69) is 4.98 Å². The first-order chi connectivity index (χ1) is 12.7. The third kappa shape index (κ3) is 4.24. The summed E-state index contributed by atoms with van der Waals surface area (Å²) in [6.07, 6.45) is -0.494. The molecule has 5 heteroatoms. The molecule has 4 nitrogen and oxygen atoms in total. The van der Waals surface area contributed by atoms with Crippen molar-refractivity contribution >= 4 is 22.5 Å². The number of H-pyrrole nitrogens is 1. The Labute approximate surface area is 163 Å². The number of aromatic nitrogens is 1. The molecule has 0 aliphatic rings. The normalized spacial score (nSPS) is 13.1. The Morgan fingerprint density at radius 1 is 1.15 bits per heavy atom. The lowest BCUT2D eigenvalue weighted by atomic mass is 9.88. The molecule has 142 valence electrons. The number of hydrogen-bond acceptors (Lipinski definition) is 3. The quantitative estimate of drug-likeness (QED) is 0.663. The van der Waals surface area contributed by atoms with E-state index in [4.69, 9.17) is 16.3 Å². The van der Waals surface area contributed by atoms with Crippen molar-refractivity contribution in [2.45, 2.75) is 39.4 Å². The van der Waals surface area contributed by atoms with Gasteiger partial charge in [0, 0.05) is 22.0 Å². The number of benzene rings is 2. The maximum Gasteiger partial charge on any atom is 0.248 e. The molecule has 0 saturated carbocycles. The van der Waals surface area contributed by atoms with Crippen LogP contribution >= 0.6 is 11.6 Å². The number of aryl methyl sites for hydroxylation is 1. The number of ether oxygens (including phenoxy) is 1.